The van der Waals surface area contributed by atoms with E-state index in [0.717, 1.165) is 11.3 Å². The lowest BCUT2D eigenvalue weighted by molar-refractivity contribution is 0.0954. The Labute approximate surface area is 134 Å². The van der Waals surface area contributed by atoms with Gasteiger partial charge in [-0.05, 0) is 36.2 Å². The number of carbonyl (C=O) groups excluding carboxylic acids is 2. The summed E-state index contributed by atoms with van der Waals surface area (Å²) in [6.45, 7) is 0.479. The van der Waals surface area contributed by atoms with Crippen molar-refractivity contribution < 1.29 is 14.3 Å². The molecule has 0 aromatic heterocycles. The number of primary amides is 1. The Morgan fingerprint density at radius 3 is 2.65 bits per heavy atom. The first-order valence-electron chi connectivity index (χ1n) is 7.17. The molecule has 0 saturated heterocycles. The van der Waals surface area contributed by atoms with Crippen LogP contribution in [0.2, 0.25) is 0 Å². The van der Waals surface area contributed by atoms with Crippen LogP contribution in [0.3, 0.4) is 0 Å². The summed E-state index contributed by atoms with van der Waals surface area (Å²) < 4.78 is 5.28. The third-order valence-electron chi connectivity index (χ3n) is 3.26. The fourth-order valence-electron chi connectivity index (χ4n) is 2.20. The van der Waals surface area contributed by atoms with Gasteiger partial charge >= 0.3 is 6.03 Å². The highest BCUT2D eigenvalue weighted by Crippen LogP contribution is 2.17. The summed E-state index contributed by atoms with van der Waals surface area (Å²) >= 11 is 0. The van der Waals surface area contributed by atoms with Gasteiger partial charge in [0.15, 0.2) is 0 Å². The minimum absolute atomic E-state index is 0.215. The lowest BCUT2D eigenvalue weighted by Gasteiger charge is -2.10. The van der Waals surface area contributed by atoms with Crippen LogP contribution in [0.4, 0.5) is 10.5 Å². The van der Waals surface area contributed by atoms with Crippen LogP contribution in [0, 0.1) is 0 Å². The molecule has 6 heteroatoms. The number of anilines is 1. The molecule has 2 aromatic rings. The molecular weight excluding hydrogens is 294 g/mol. The van der Waals surface area contributed by atoms with E-state index in [0.29, 0.717) is 24.2 Å². The number of methoxy groups -OCH3 is 1. The molecule has 6 nitrogen and oxygen atoms in total. The second-order valence-electron chi connectivity index (χ2n) is 4.89. The maximum absolute atomic E-state index is 12.1. The third kappa shape index (κ3) is 4.74. The Kier molecular flexibility index (Phi) is 5.57. The van der Waals surface area contributed by atoms with Crippen LogP contribution in [-0.4, -0.2) is 25.6 Å². The summed E-state index contributed by atoms with van der Waals surface area (Å²) in [4.78, 5) is 23.0. The van der Waals surface area contributed by atoms with Gasteiger partial charge in [0.05, 0.1) is 7.11 Å². The van der Waals surface area contributed by atoms with Crippen LogP contribution in [0.5, 0.6) is 5.75 Å². The van der Waals surface area contributed by atoms with E-state index in [1.165, 1.54) is 0 Å². The highest BCUT2D eigenvalue weighted by atomic mass is 16.5. The molecule has 0 aliphatic carbocycles. The van der Waals surface area contributed by atoms with Crippen LogP contribution in [-0.2, 0) is 6.42 Å². The molecule has 0 unspecified atom stereocenters. The lowest BCUT2D eigenvalue weighted by atomic mass is 10.1. The van der Waals surface area contributed by atoms with E-state index in [9.17, 15) is 9.59 Å². The molecule has 0 saturated carbocycles. The SMILES string of the molecule is COc1ccccc1CCNC(=O)c1cccc(NC(N)=O)c1. The first-order chi connectivity index (χ1) is 11.1. The van der Waals surface area contributed by atoms with Crippen LogP contribution < -0.4 is 21.1 Å². The fourth-order valence-corrected chi connectivity index (χ4v) is 2.20. The number of nitrogens with two attached hydrogens (primary N) is 1. The van der Waals surface area contributed by atoms with E-state index in [-0.39, 0.29) is 5.91 Å². The van der Waals surface area contributed by atoms with Crippen molar-refractivity contribution in [1.82, 2.24) is 5.32 Å². The van der Waals surface area contributed by atoms with E-state index in [1.54, 1.807) is 31.4 Å². The van der Waals surface area contributed by atoms with Crippen molar-refractivity contribution in [3.63, 3.8) is 0 Å². The molecule has 0 aliphatic heterocycles. The van der Waals surface area contributed by atoms with Gasteiger partial charge in [-0.15, -0.1) is 0 Å². The van der Waals surface area contributed by atoms with Crippen LogP contribution >= 0.6 is 0 Å². The number of ether oxygens (including phenoxy) is 1. The Balaban J connectivity index is 1.93. The van der Waals surface area contributed by atoms with E-state index in [1.807, 2.05) is 24.3 Å². The molecular formula is C17H19N3O3. The molecule has 4 N–H and O–H groups in total. The van der Waals surface area contributed by atoms with Crippen LogP contribution in [0.25, 0.3) is 0 Å². The Morgan fingerprint density at radius 2 is 1.91 bits per heavy atom. The van der Waals surface area contributed by atoms with Crippen molar-refractivity contribution >= 4 is 17.6 Å². The van der Waals surface area contributed by atoms with Gasteiger partial charge in [0, 0.05) is 17.8 Å². The van der Waals surface area contributed by atoms with E-state index in [4.69, 9.17) is 10.5 Å². The first kappa shape index (κ1) is 16.4. The molecule has 0 atom stereocenters. The monoisotopic (exact) mass is 313 g/mol. The normalized spacial score (nSPS) is 9.96. The summed E-state index contributed by atoms with van der Waals surface area (Å²) in [5, 5.41) is 5.28. The minimum Gasteiger partial charge on any atom is -0.496 e. The van der Waals surface area contributed by atoms with Gasteiger partial charge in [-0.3, -0.25) is 4.79 Å². The summed E-state index contributed by atoms with van der Waals surface area (Å²) in [6, 6.07) is 13.6. The van der Waals surface area contributed by atoms with E-state index < -0.39 is 6.03 Å². The zero-order valence-corrected chi connectivity index (χ0v) is 12.8. The number of urea groups is 1. The predicted octanol–water partition coefficient (Wildman–Crippen LogP) is 2.16. The van der Waals surface area contributed by atoms with Gasteiger partial charge in [-0.2, -0.15) is 0 Å². The van der Waals surface area contributed by atoms with E-state index >= 15 is 0 Å². The Bertz CT molecular complexity index is 701. The lowest BCUT2D eigenvalue weighted by Crippen LogP contribution is -2.26. The molecule has 0 bridgehead atoms. The molecule has 3 amide bonds. The molecule has 0 aliphatic rings. The number of carbonyl (C=O) groups is 2. The number of amides is 3. The fraction of sp³-hybridized carbons (Fsp3) is 0.176. The largest absolute Gasteiger partial charge is 0.496 e. The summed E-state index contributed by atoms with van der Waals surface area (Å²) in [5.41, 5.74) is 7.02. The second kappa shape index (κ2) is 7.84. The zero-order valence-electron chi connectivity index (χ0n) is 12.8. The van der Waals surface area contributed by atoms with Crippen molar-refractivity contribution in [1.29, 1.82) is 0 Å². The van der Waals surface area contributed by atoms with Crippen LogP contribution in [0.1, 0.15) is 15.9 Å². The average Bonchev–Trinajstić information content (AvgIpc) is 2.55. The van der Waals surface area contributed by atoms with Crippen molar-refractivity contribution in [3.05, 3.63) is 59.7 Å². The maximum atomic E-state index is 12.1. The van der Waals surface area contributed by atoms with Gasteiger partial charge in [0.25, 0.3) is 5.91 Å². The topological polar surface area (TPSA) is 93.4 Å². The molecule has 2 rings (SSSR count). The number of hydrogen-bond acceptors (Lipinski definition) is 3. The molecule has 120 valence electrons. The van der Waals surface area contributed by atoms with Crippen LogP contribution in [0.15, 0.2) is 48.5 Å². The number of hydrogen-bond donors (Lipinski definition) is 3. The number of benzene rings is 2. The smallest absolute Gasteiger partial charge is 0.316 e. The zero-order chi connectivity index (χ0) is 16.7. The minimum atomic E-state index is -0.668. The number of para-hydroxylation sites is 1. The van der Waals surface area contributed by atoms with Gasteiger partial charge < -0.3 is 21.1 Å². The quantitative estimate of drug-likeness (QED) is 0.763. The van der Waals surface area contributed by atoms with Gasteiger partial charge in [-0.1, -0.05) is 24.3 Å². The van der Waals surface area contributed by atoms with Crippen molar-refractivity contribution in [3.8, 4) is 5.75 Å². The molecule has 0 radical (unpaired) electrons. The summed E-state index contributed by atoms with van der Waals surface area (Å²) in [6.07, 6.45) is 0.662. The number of rotatable bonds is 6. The third-order valence-corrected chi connectivity index (χ3v) is 3.26. The molecule has 2 aromatic carbocycles. The molecule has 23 heavy (non-hydrogen) atoms. The standard InChI is InChI=1S/C17H19N3O3/c1-23-15-8-3-2-5-12(15)9-10-19-16(21)13-6-4-7-14(11-13)20-17(18)22/h2-8,11H,9-10H2,1H3,(H,19,21)(H3,18,20,22). The van der Waals surface area contributed by atoms with Crippen molar-refractivity contribution in [2.45, 2.75) is 6.42 Å². The first-order valence-corrected chi connectivity index (χ1v) is 7.17. The molecule has 0 spiro atoms. The van der Waals surface area contributed by atoms with Crippen molar-refractivity contribution in [2.75, 3.05) is 19.0 Å². The average molecular weight is 313 g/mol. The highest BCUT2D eigenvalue weighted by Gasteiger charge is 2.07. The van der Waals surface area contributed by atoms with Gasteiger partial charge in [0.2, 0.25) is 0 Å². The second-order valence-corrected chi connectivity index (χ2v) is 4.89. The van der Waals surface area contributed by atoms with Gasteiger partial charge in [0.1, 0.15) is 5.75 Å². The van der Waals surface area contributed by atoms with Gasteiger partial charge in [-0.25, -0.2) is 4.79 Å². The molecule has 0 heterocycles. The Hall–Kier alpha value is -3.02. The summed E-state index contributed by atoms with van der Waals surface area (Å²) in [5.74, 6) is 0.586. The van der Waals surface area contributed by atoms with E-state index in [2.05, 4.69) is 10.6 Å². The van der Waals surface area contributed by atoms with Crippen molar-refractivity contribution in [2.24, 2.45) is 5.73 Å². The Morgan fingerprint density at radius 1 is 1.13 bits per heavy atom. The molecule has 0 fully saturated rings. The predicted molar refractivity (Wildman–Crippen MR) is 88.7 cm³/mol. The maximum Gasteiger partial charge on any atom is 0.316 e. The summed E-state index contributed by atoms with van der Waals surface area (Å²) in [7, 11) is 1.62. The number of nitrogens with one attached hydrogen (secondary N) is 2. The highest BCUT2D eigenvalue weighted by molar-refractivity contribution is 5.96.